The molecule has 4 heteroatoms. The normalized spacial score (nSPS) is 18.3. The van der Waals surface area contributed by atoms with Crippen LogP contribution in [0.3, 0.4) is 0 Å². The minimum absolute atomic E-state index is 0.590. The Labute approximate surface area is 163 Å². The predicted molar refractivity (Wildman–Crippen MR) is 108 cm³/mol. The summed E-state index contributed by atoms with van der Waals surface area (Å²) < 4.78 is 5.45. The number of nitrogens with zero attached hydrogens (tertiary/aromatic N) is 3. The first-order chi connectivity index (χ1) is 13.2. The van der Waals surface area contributed by atoms with E-state index in [-0.39, 0.29) is 0 Å². The van der Waals surface area contributed by atoms with Crippen molar-refractivity contribution in [2.75, 3.05) is 13.7 Å². The Balaban J connectivity index is 1.46. The molecular weight excluding hydrogens is 334 g/mol. The van der Waals surface area contributed by atoms with Crippen molar-refractivity contribution in [3.05, 3.63) is 52.1 Å². The van der Waals surface area contributed by atoms with Gasteiger partial charge in [-0.25, -0.2) is 9.97 Å². The fraction of sp³-hybridized carbons (Fsp3) is 0.565. The van der Waals surface area contributed by atoms with E-state index in [1.807, 2.05) is 0 Å². The summed E-state index contributed by atoms with van der Waals surface area (Å²) in [5.74, 6) is 2.67. The van der Waals surface area contributed by atoms with Crippen molar-refractivity contribution < 1.29 is 4.74 Å². The van der Waals surface area contributed by atoms with Gasteiger partial charge in [0.1, 0.15) is 11.6 Å². The van der Waals surface area contributed by atoms with E-state index >= 15 is 0 Å². The largest absolute Gasteiger partial charge is 0.496 e. The molecule has 1 aromatic carbocycles. The van der Waals surface area contributed by atoms with Gasteiger partial charge in [0.25, 0.3) is 0 Å². The Hall–Kier alpha value is -1.94. The van der Waals surface area contributed by atoms with Gasteiger partial charge in [0.2, 0.25) is 0 Å². The monoisotopic (exact) mass is 365 g/mol. The van der Waals surface area contributed by atoms with Gasteiger partial charge < -0.3 is 4.74 Å². The average Bonchev–Trinajstić information content (AvgIpc) is 2.72. The lowest BCUT2D eigenvalue weighted by atomic mass is 9.88. The van der Waals surface area contributed by atoms with E-state index in [1.165, 1.54) is 60.1 Å². The van der Waals surface area contributed by atoms with Gasteiger partial charge in [-0.2, -0.15) is 0 Å². The molecule has 4 nitrogen and oxygen atoms in total. The summed E-state index contributed by atoms with van der Waals surface area (Å²) in [6.07, 6.45) is 9.71. The fourth-order valence-electron chi connectivity index (χ4n) is 4.57. The second-order valence-corrected chi connectivity index (χ2v) is 8.17. The van der Waals surface area contributed by atoms with Gasteiger partial charge in [-0.3, -0.25) is 4.90 Å². The quantitative estimate of drug-likeness (QED) is 0.787. The number of hydrogen-bond donors (Lipinski definition) is 0. The van der Waals surface area contributed by atoms with Gasteiger partial charge in [-0.15, -0.1) is 0 Å². The van der Waals surface area contributed by atoms with Gasteiger partial charge in [-0.1, -0.05) is 25.3 Å². The molecule has 144 valence electrons. The lowest BCUT2D eigenvalue weighted by molar-refractivity contribution is 0.241. The maximum atomic E-state index is 5.45. The summed E-state index contributed by atoms with van der Waals surface area (Å²) >= 11 is 0. The minimum atomic E-state index is 0.590. The van der Waals surface area contributed by atoms with E-state index < -0.39 is 0 Å². The lowest BCUT2D eigenvalue weighted by Gasteiger charge is -2.29. The Bertz CT molecular complexity index is 812. The number of methoxy groups -OCH3 is 1. The van der Waals surface area contributed by atoms with E-state index in [4.69, 9.17) is 14.7 Å². The average molecular weight is 366 g/mol. The highest BCUT2D eigenvalue weighted by molar-refractivity contribution is 5.43. The van der Waals surface area contributed by atoms with Crippen molar-refractivity contribution in [3.8, 4) is 5.75 Å². The number of hydrogen-bond acceptors (Lipinski definition) is 4. The van der Waals surface area contributed by atoms with Crippen LogP contribution in [0.1, 0.15) is 71.8 Å². The molecule has 0 spiro atoms. The summed E-state index contributed by atoms with van der Waals surface area (Å²) in [5, 5.41) is 0. The number of benzene rings is 1. The molecule has 0 amide bonds. The molecule has 0 radical (unpaired) electrons. The third kappa shape index (κ3) is 3.86. The van der Waals surface area contributed by atoms with Crippen LogP contribution >= 0.6 is 0 Å². The van der Waals surface area contributed by atoms with Crippen LogP contribution in [0.2, 0.25) is 0 Å². The standard InChI is InChI=1S/C23H31N3O/c1-16-17(2)22(27-3)10-9-19(16)14-26-12-11-21-20(15-26)13-24-23(25-21)18-7-5-4-6-8-18/h9-10,13,18H,4-8,11-12,14-15H2,1-3H3. The first kappa shape index (κ1) is 18.4. The Morgan fingerprint density at radius 3 is 2.70 bits per heavy atom. The first-order valence-electron chi connectivity index (χ1n) is 10.4. The molecule has 0 unspecified atom stereocenters. The highest BCUT2D eigenvalue weighted by Crippen LogP contribution is 2.32. The highest BCUT2D eigenvalue weighted by atomic mass is 16.5. The van der Waals surface area contributed by atoms with Crippen molar-refractivity contribution in [2.45, 2.75) is 71.4 Å². The first-order valence-corrected chi connectivity index (χ1v) is 10.4. The number of aromatic nitrogens is 2. The Kier molecular flexibility index (Phi) is 5.44. The van der Waals surface area contributed by atoms with Crippen LogP contribution in [0.5, 0.6) is 5.75 Å². The van der Waals surface area contributed by atoms with Gasteiger partial charge in [0.05, 0.1) is 7.11 Å². The van der Waals surface area contributed by atoms with Crippen molar-refractivity contribution in [3.63, 3.8) is 0 Å². The highest BCUT2D eigenvalue weighted by Gasteiger charge is 2.23. The van der Waals surface area contributed by atoms with Crippen LogP contribution in [0.4, 0.5) is 0 Å². The molecule has 27 heavy (non-hydrogen) atoms. The summed E-state index contributed by atoms with van der Waals surface area (Å²) in [6, 6.07) is 4.30. The van der Waals surface area contributed by atoms with Crippen LogP contribution in [-0.2, 0) is 19.5 Å². The summed E-state index contributed by atoms with van der Waals surface area (Å²) in [6.45, 7) is 7.33. The molecule has 0 atom stereocenters. The predicted octanol–water partition coefficient (Wildman–Crippen LogP) is 4.71. The van der Waals surface area contributed by atoms with Crippen LogP contribution in [0.25, 0.3) is 0 Å². The van der Waals surface area contributed by atoms with Gasteiger partial charge in [-0.05, 0) is 49.4 Å². The van der Waals surface area contributed by atoms with Crippen LogP contribution < -0.4 is 4.74 Å². The molecular formula is C23H31N3O. The second kappa shape index (κ2) is 7.97. The van der Waals surface area contributed by atoms with E-state index in [1.54, 1.807) is 7.11 Å². The molecule has 0 bridgehead atoms. The third-order valence-electron chi connectivity index (χ3n) is 6.47. The molecule has 1 aromatic heterocycles. The fourth-order valence-corrected chi connectivity index (χ4v) is 4.57. The summed E-state index contributed by atoms with van der Waals surface area (Å²) in [7, 11) is 1.74. The minimum Gasteiger partial charge on any atom is -0.496 e. The molecule has 1 aliphatic carbocycles. The molecule has 2 aliphatic rings. The van der Waals surface area contributed by atoms with E-state index in [0.717, 1.165) is 37.6 Å². The van der Waals surface area contributed by atoms with Crippen molar-refractivity contribution in [1.82, 2.24) is 14.9 Å². The lowest BCUT2D eigenvalue weighted by Crippen LogP contribution is -2.31. The van der Waals surface area contributed by atoms with E-state index in [0.29, 0.717) is 5.92 Å². The van der Waals surface area contributed by atoms with Gasteiger partial charge in [0.15, 0.2) is 0 Å². The number of fused-ring (bicyclic) bond motifs is 1. The zero-order valence-electron chi connectivity index (χ0n) is 16.9. The van der Waals surface area contributed by atoms with Gasteiger partial charge >= 0.3 is 0 Å². The zero-order chi connectivity index (χ0) is 18.8. The van der Waals surface area contributed by atoms with Gasteiger partial charge in [0, 0.05) is 49.4 Å². The topological polar surface area (TPSA) is 38.2 Å². The SMILES string of the molecule is COc1ccc(CN2CCc3nc(C4CCCCC4)ncc3C2)c(C)c1C. The molecule has 2 heterocycles. The van der Waals surface area contributed by atoms with Crippen LogP contribution in [-0.4, -0.2) is 28.5 Å². The van der Waals surface area contributed by atoms with Crippen molar-refractivity contribution in [1.29, 1.82) is 0 Å². The Morgan fingerprint density at radius 2 is 1.93 bits per heavy atom. The molecule has 1 saturated carbocycles. The van der Waals surface area contributed by atoms with Crippen LogP contribution in [0, 0.1) is 13.8 Å². The summed E-state index contributed by atoms with van der Waals surface area (Å²) in [4.78, 5) is 12.2. The van der Waals surface area contributed by atoms with Crippen molar-refractivity contribution >= 4 is 0 Å². The molecule has 0 saturated heterocycles. The summed E-state index contributed by atoms with van der Waals surface area (Å²) in [5.41, 5.74) is 6.56. The zero-order valence-corrected chi connectivity index (χ0v) is 16.9. The molecule has 2 aromatic rings. The maximum absolute atomic E-state index is 5.45. The molecule has 4 rings (SSSR count). The van der Waals surface area contributed by atoms with Crippen molar-refractivity contribution in [2.24, 2.45) is 0 Å². The number of ether oxygens (including phenoxy) is 1. The molecule has 0 N–H and O–H groups in total. The number of rotatable bonds is 4. The smallest absolute Gasteiger partial charge is 0.131 e. The Morgan fingerprint density at radius 1 is 1.11 bits per heavy atom. The van der Waals surface area contributed by atoms with E-state index in [2.05, 4.69) is 37.1 Å². The van der Waals surface area contributed by atoms with E-state index in [9.17, 15) is 0 Å². The van der Waals surface area contributed by atoms with Crippen LogP contribution in [0.15, 0.2) is 18.3 Å². The molecule has 1 fully saturated rings. The molecule has 1 aliphatic heterocycles. The third-order valence-corrected chi connectivity index (χ3v) is 6.47. The maximum Gasteiger partial charge on any atom is 0.131 e. The second-order valence-electron chi connectivity index (χ2n) is 8.17.